The summed E-state index contributed by atoms with van der Waals surface area (Å²) in [6.07, 6.45) is 3.35. The van der Waals surface area contributed by atoms with Gasteiger partial charge < -0.3 is 4.74 Å². The highest BCUT2D eigenvalue weighted by Crippen LogP contribution is 2.46. The van der Waals surface area contributed by atoms with Gasteiger partial charge in [-0.15, -0.1) is 0 Å². The molecule has 1 aliphatic rings. The van der Waals surface area contributed by atoms with Gasteiger partial charge in [0.05, 0.1) is 6.61 Å². The Morgan fingerprint density at radius 1 is 1.39 bits per heavy atom. The summed E-state index contributed by atoms with van der Waals surface area (Å²) in [6, 6.07) is 2.81. The topological polar surface area (TPSA) is 38.7 Å². The van der Waals surface area contributed by atoms with Gasteiger partial charge >= 0.3 is 0 Å². The molecule has 0 saturated heterocycles. The van der Waals surface area contributed by atoms with Crippen molar-refractivity contribution in [1.29, 1.82) is 0 Å². The molecule has 0 bridgehead atoms. The number of hydrogen-bond acceptors (Lipinski definition) is 3. The number of benzene rings is 1. The monoisotopic (exact) mass is 253 g/mol. The zero-order chi connectivity index (χ0) is 13.2. The van der Waals surface area contributed by atoms with Crippen molar-refractivity contribution < 1.29 is 18.3 Å². The van der Waals surface area contributed by atoms with E-state index in [1.165, 1.54) is 18.2 Å². The predicted octanol–water partition coefficient (Wildman–Crippen LogP) is 3.08. The third-order valence-electron chi connectivity index (χ3n) is 3.29. The molecule has 0 aliphatic heterocycles. The van der Waals surface area contributed by atoms with Crippen LogP contribution in [0, 0.1) is 11.6 Å². The van der Waals surface area contributed by atoms with Crippen LogP contribution in [0.2, 0.25) is 0 Å². The fourth-order valence-electron chi connectivity index (χ4n) is 2.20. The Morgan fingerprint density at radius 3 is 2.61 bits per heavy atom. The molecule has 0 unspecified atom stereocenters. The van der Waals surface area contributed by atoms with Crippen LogP contribution in [0.5, 0.6) is 5.75 Å². The lowest BCUT2D eigenvalue weighted by molar-refractivity contribution is 0.242. The van der Waals surface area contributed by atoms with Crippen molar-refractivity contribution in [3.05, 3.63) is 29.3 Å². The average Bonchev–Trinajstić information content (AvgIpc) is 2.31. The summed E-state index contributed by atoms with van der Waals surface area (Å²) < 4.78 is 32.7. The first kappa shape index (κ1) is 12.7. The second-order valence-electron chi connectivity index (χ2n) is 4.26. The molecule has 96 valence electrons. The van der Waals surface area contributed by atoms with Crippen LogP contribution >= 0.6 is 0 Å². The molecule has 3 nitrogen and oxygen atoms in total. The van der Waals surface area contributed by atoms with Crippen molar-refractivity contribution in [3.8, 4) is 5.75 Å². The third-order valence-corrected chi connectivity index (χ3v) is 3.29. The predicted molar refractivity (Wildman–Crippen MR) is 61.2 cm³/mol. The summed E-state index contributed by atoms with van der Waals surface area (Å²) in [6.45, 7) is 1.95. The van der Waals surface area contributed by atoms with E-state index in [9.17, 15) is 13.6 Å². The molecule has 5 heteroatoms. The van der Waals surface area contributed by atoms with Crippen LogP contribution in [0.4, 0.5) is 8.78 Å². The van der Waals surface area contributed by atoms with Gasteiger partial charge in [-0.05, 0) is 38.3 Å². The highest BCUT2D eigenvalue weighted by Gasteiger charge is 2.42. The van der Waals surface area contributed by atoms with E-state index in [2.05, 4.69) is 4.99 Å². The Hall–Kier alpha value is -1.74. The maximum Gasteiger partial charge on any atom is 0.235 e. The smallest absolute Gasteiger partial charge is 0.235 e. The Kier molecular flexibility index (Phi) is 3.43. The van der Waals surface area contributed by atoms with Crippen LogP contribution in [0.3, 0.4) is 0 Å². The molecule has 2 rings (SSSR count). The van der Waals surface area contributed by atoms with E-state index in [0.717, 1.165) is 6.42 Å². The van der Waals surface area contributed by atoms with Gasteiger partial charge in [0.25, 0.3) is 0 Å². The first-order valence-electron chi connectivity index (χ1n) is 5.85. The number of isocyanates is 1. The highest BCUT2D eigenvalue weighted by atomic mass is 19.2. The zero-order valence-electron chi connectivity index (χ0n) is 10.0. The van der Waals surface area contributed by atoms with Crippen molar-refractivity contribution in [1.82, 2.24) is 0 Å². The van der Waals surface area contributed by atoms with E-state index < -0.39 is 17.2 Å². The largest absolute Gasteiger partial charge is 0.491 e. The maximum absolute atomic E-state index is 14.0. The number of carbonyl (C=O) groups excluding carboxylic acids is 1. The summed E-state index contributed by atoms with van der Waals surface area (Å²) in [5, 5.41) is 0. The fraction of sp³-hybridized carbons (Fsp3) is 0.462. The highest BCUT2D eigenvalue weighted by molar-refractivity contribution is 5.42. The fourth-order valence-corrected chi connectivity index (χ4v) is 2.20. The molecule has 1 aromatic rings. The summed E-state index contributed by atoms with van der Waals surface area (Å²) in [5.74, 6) is -2.13. The Morgan fingerprint density at radius 2 is 2.11 bits per heavy atom. The standard InChI is InChI=1S/C13H13F2NO2/c1-2-18-10-5-4-9(11(14)12(10)15)13(16-8-17)6-3-7-13/h4-5H,2-3,6-7H2,1H3. The lowest BCUT2D eigenvalue weighted by atomic mass is 9.72. The molecule has 0 radical (unpaired) electrons. The number of ether oxygens (including phenoxy) is 1. The van der Waals surface area contributed by atoms with E-state index in [0.29, 0.717) is 12.8 Å². The molecule has 0 amide bonds. The minimum Gasteiger partial charge on any atom is -0.491 e. The number of nitrogens with zero attached hydrogens (tertiary/aromatic N) is 1. The lowest BCUT2D eigenvalue weighted by Gasteiger charge is -2.37. The molecule has 0 atom stereocenters. The van der Waals surface area contributed by atoms with E-state index in [4.69, 9.17) is 4.74 Å². The molecule has 1 fully saturated rings. The molecular formula is C13H13F2NO2. The van der Waals surface area contributed by atoms with Crippen molar-refractivity contribution in [3.63, 3.8) is 0 Å². The molecule has 1 aromatic carbocycles. The van der Waals surface area contributed by atoms with Gasteiger partial charge in [0.15, 0.2) is 11.6 Å². The molecular weight excluding hydrogens is 240 g/mol. The summed E-state index contributed by atoms with van der Waals surface area (Å²) in [4.78, 5) is 14.1. The van der Waals surface area contributed by atoms with E-state index >= 15 is 0 Å². The van der Waals surface area contributed by atoms with Crippen LogP contribution in [-0.4, -0.2) is 12.7 Å². The summed E-state index contributed by atoms with van der Waals surface area (Å²) >= 11 is 0. The van der Waals surface area contributed by atoms with E-state index in [1.807, 2.05) is 0 Å². The Balaban J connectivity index is 2.46. The first-order valence-corrected chi connectivity index (χ1v) is 5.85. The van der Waals surface area contributed by atoms with Crippen molar-refractivity contribution in [2.75, 3.05) is 6.61 Å². The normalized spacial score (nSPS) is 16.6. The van der Waals surface area contributed by atoms with Crippen LogP contribution in [0.1, 0.15) is 31.7 Å². The average molecular weight is 253 g/mol. The van der Waals surface area contributed by atoms with Gasteiger partial charge in [-0.3, -0.25) is 0 Å². The number of aliphatic imine (C=N–C) groups is 1. The molecule has 0 aromatic heterocycles. The van der Waals surface area contributed by atoms with Gasteiger partial charge in [-0.25, -0.2) is 9.18 Å². The van der Waals surface area contributed by atoms with Crippen molar-refractivity contribution in [2.45, 2.75) is 31.7 Å². The SMILES string of the molecule is CCOc1ccc(C2(N=C=O)CCC2)c(F)c1F. The first-order chi connectivity index (χ1) is 8.64. The number of halogens is 2. The van der Waals surface area contributed by atoms with Crippen LogP contribution in [0.25, 0.3) is 0 Å². The van der Waals surface area contributed by atoms with Gasteiger partial charge in [-0.1, -0.05) is 0 Å². The molecule has 0 heterocycles. The van der Waals surface area contributed by atoms with Gasteiger partial charge in [0, 0.05) is 5.56 Å². The van der Waals surface area contributed by atoms with Crippen molar-refractivity contribution in [2.24, 2.45) is 4.99 Å². The Labute approximate surface area is 103 Å². The number of hydrogen-bond donors (Lipinski definition) is 0. The molecule has 18 heavy (non-hydrogen) atoms. The van der Waals surface area contributed by atoms with Gasteiger partial charge in [-0.2, -0.15) is 9.38 Å². The van der Waals surface area contributed by atoms with Crippen LogP contribution in [-0.2, 0) is 10.3 Å². The molecule has 1 aliphatic carbocycles. The Bertz CT molecular complexity index is 506. The summed E-state index contributed by atoms with van der Waals surface area (Å²) in [5.41, 5.74) is -0.824. The van der Waals surface area contributed by atoms with Crippen LogP contribution < -0.4 is 4.74 Å². The minimum absolute atomic E-state index is 0.109. The zero-order valence-corrected chi connectivity index (χ0v) is 10.0. The lowest BCUT2D eigenvalue weighted by Crippen LogP contribution is -2.33. The minimum atomic E-state index is -1.03. The van der Waals surface area contributed by atoms with Gasteiger partial charge in [0.1, 0.15) is 5.54 Å². The second kappa shape index (κ2) is 4.86. The molecule has 0 spiro atoms. The van der Waals surface area contributed by atoms with Crippen molar-refractivity contribution >= 4 is 6.08 Å². The van der Waals surface area contributed by atoms with E-state index in [-0.39, 0.29) is 17.9 Å². The number of rotatable bonds is 4. The molecule has 1 saturated carbocycles. The quantitative estimate of drug-likeness (QED) is 0.611. The van der Waals surface area contributed by atoms with Gasteiger partial charge in [0.2, 0.25) is 11.9 Å². The third kappa shape index (κ3) is 1.91. The second-order valence-corrected chi connectivity index (χ2v) is 4.26. The van der Waals surface area contributed by atoms with E-state index in [1.54, 1.807) is 6.92 Å². The maximum atomic E-state index is 14.0. The van der Waals surface area contributed by atoms with Crippen LogP contribution in [0.15, 0.2) is 17.1 Å². The molecule has 0 N–H and O–H groups in total. The summed E-state index contributed by atoms with van der Waals surface area (Å²) in [7, 11) is 0.